The molecule has 0 radical (unpaired) electrons. The Labute approximate surface area is 73.7 Å². The van der Waals surface area contributed by atoms with Crippen LogP contribution in [0.1, 0.15) is 38.5 Å². The van der Waals surface area contributed by atoms with Crippen molar-refractivity contribution in [1.29, 1.82) is 0 Å². The summed E-state index contributed by atoms with van der Waals surface area (Å²) in [6, 6.07) is 0.170. The van der Waals surface area contributed by atoms with Crippen molar-refractivity contribution in [3.63, 3.8) is 0 Å². The Morgan fingerprint density at radius 3 is 2.58 bits per heavy atom. The van der Waals surface area contributed by atoms with Crippen molar-refractivity contribution in [3.05, 3.63) is 0 Å². The van der Waals surface area contributed by atoms with Gasteiger partial charge in [-0.1, -0.05) is 19.3 Å². The zero-order chi connectivity index (χ0) is 8.44. The van der Waals surface area contributed by atoms with Crippen LogP contribution in [-0.4, -0.2) is 19.3 Å². The first kappa shape index (κ1) is 8.49. The largest absolute Gasteiger partial charge is 0.311 e. The summed E-state index contributed by atoms with van der Waals surface area (Å²) in [6.45, 7) is 0.892. The molecule has 0 aromatic carbocycles. The summed E-state index contributed by atoms with van der Waals surface area (Å²) in [5, 5.41) is 3.29. The predicted octanol–water partition coefficient (Wildman–Crippen LogP) is 2.27. The summed E-state index contributed by atoms with van der Waals surface area (Å²) >= 11 is 0. The summed E-state index contributed by atoms with van der Waals surface area (Å²) < 4.78 is 12.4. The van der Waals surface area contributed by atoms with Gasteiger partial charge in [-0.3, -0.25) is 0 Å². The first-order valence-electron chi connectivity index (χ1n) is 5.14. The zero-order valence-corrected chi connectivity index (χ0v) is 7.61. The van der Waals surface area contributed by atoms with Crippen LogP contribution in [0.25, 0.3) is 0 Å². The van der Waals surface area contributed by atoms with Gasteiger partial charge in [0.25, 0.3) is 0 Å². The van der Waals surface area contributed by atoms with E-state index in [-0.39, 0.29) is 12.7 Å². The van der Waals surface area contributed by atoms with E-state index in [0.717, 1.165) is 13.0 Å². The fraction of sp³-hybridized carbons (Fsp3) is 1.00. The molecule has 12 heavy (non-hydrogen) atoms. The Hall–Kier alpha value is -0.110. The summed E-state index contributed by atoms with van der Waals surface area (Å²) in [7, 11) is 0. The molecule has 1 spiro atoms. The number of halogens is 1. The molecule has 1 N–H and O–H groups in total. The number of alkyl halides is 1. The molecule has 2 rings (SSSR count). The van der Waals surface area contributed by atoms with Crippen molar-refractivity contribution in [2.45, 2.75) is 44.6 Å². The van der Waals surface area contributed by atoms with E-state index in [4.69, 9.17) is 0 Å². The van der Waals surface area contributed by atoms with Gasteiger partial charge in [0.1, 0.15) is 6.67 Å². The van der Waals surface area contributed by atoms with Crippen molar-refractivity contribution in [2.75, 3.05) is 13.2 Å². The molecule has 1 unspecified atom stereocenters. The van der Waals surface area contributed by atoms with E-state index in [0.29, 0.717) is 5.41 Å². The topological polar surface area (TPSA) is 12.0 Å². The van der Waals surface area contributed by atoms with Gasteiger partial charge in [-0.25, -0.2) is 4.39 Å². The van der Waals surface area contributed by atoms with Gasteiger partial charge in [0.15, 0.2) is 0 Å². The lowest BCUT2D eigenvalue weighted by molar-refractivity contribution is 0.208. The zero-order valence-electron chi connectivity index (χ0n) is 7.61. The fourth-order valence-electron chi connectivity index (χ4n) is 2.82. The van der Waals surface area contributed by atoms with E-state index in [1.54, 1.807) is 0 Å². The molecule has 1 nitrogen and oxygen atoms in total. The second kappa shape index (κ2) is 3.33. The van der Waals surface area contributed by atoms with Crippen molar-refractivity contribution in [2.24, 2.45) is 5.41 Å². The van der Waals surface area contributed by atoms with Crippen LogP contribution in [0.5, 0.6) is 0 Å². The second-order valence-electron chi connectivity index (χ2n) is 4.50. The van der Waals surface area contributed by atoms with Crippen LogP contribution in [0.2, 0.25) is 0 Å². The molecule has 2 fully saturated rings. The second-order valence-corrected chi connectivity index (χ2v) is 4.50. The maximum absolute atomic E-state index is 12.4. The summed E-state index contributed by atoms with van der Waals surface area (Å²) in [5.41, 5.74) is 0.495. The van der Waals surface area contributed by atoms with E-state index in [9.17, 15) is 4.39 Å². The van der Waals surface area contributed by atoms with Crippen LogP contribution in [-0.2, 0) is 0 Å². The molecule has 0 aromatic rings. The van der Waals surface area contributed by atoms with Gasteiger partial charge in [-0.2, -0.15) is 0 Å². The smallest absolute Gasteiger partial charge is 0.105 e. The highest BCUT2D eigenvalue weighted by molar-refractivity contribution is 4.94. The Bertz CT molecular complexity index is 152. The molecule has 1 heterocycles. The molecule has 1 saturated carbocycles. The third-order valence-corrected chi connectivity index (χ3v) is 3.55. The Kier molecular flexibility index (Phi) is 2.35. The van der Waals surface area contributed by atoms with Crippen LogP contribution in [0.3, 0.4) is 0 Å². The van der Waals surface area contributed by atoms with Gasteiger partial charge in [0, 0.05) is 12.6 Å². The highest BCUT2D eigenvalue weighted by Crippen LogP contribution is 2.42. The molecule has 1 aliphatic heterocycles. The van der Waals surface area contributed by atoms with Crippen molar-refractivity contribution < 1.29 is 4.39 Å². The average Bonchev–Trinajstić information content (AvgIpc) is 2.50. The van der Waals surface area contributed by atoms with Crippen molar-refractivity contribution >= 4 is 0 Å². The van der Waals surface area contributed by atoms with Crippen LogP contribution in [0.15, 0.2) is 0 Å². The third kappa shape index (κ3) is 1.49. The quantitative estimate of drug-likeness (QED) is 0.638. The summed E-state index contributed by atoms with van der Waals surface area (Å²) in [4.78, 5) is 0. The molecule has 1 aliphatic carbocycles. The van der Waals surface area contributed by atoms with Crippen LogP contribution >= 0.6 is 0 Å². The third-order valence-electron chi connectivity index (χ3n) is 3.55. The maximum Gasteiger partial charge on any atom is 0.105 e. The van der Waals surface area contributed by atoms with E-state index in [2.05, 4.69) is 5.32 Å². The maximum atomic E-state index is 12.4. The summed E-state index contributed by atoms with van der Waals surface area (Å²) in [5.74, 6) is 0. The lowest BCUT2D eigenvalue weighted by Gasteiger charge is -2.32. The van der Waals surface area contributed by atoms with Crippen LogP contribution < -0.4 is 5.32 Å². The van der Waals surface area contributed by atoms with E-state index < -0.39 is 0 Å². The van der Waals surface area contributed by atoms with Crippen LogP contribution in [0.4, 0.5) is 4.39 Å². The molecule has 0 amide bonds. The standard InChI is InChI=1S/C10H18FN/c11-7-9-6-10(8-12-9)4-2-1-3-5-10/h9,12H,1-8H2. The number of hydrogen-bond acceptors (Lipinski definition) is 1. The van der Waals surface area contributed by atoms with Gasteiger partial charge in [-0.05, 0) is 24.7 Å². The van der Waals surface area contributed by atoms with Gasteiger partial charge < -0.3 is 5.32 Å². The van der Waals surface area contributed by atoms with Crippen molar-refractivity contribution in [1.82, 2.24) is 5.32 Å². The van der Waals surface area contributed by atoms with Gasteiger partial charge in [0.2, 0.25) is 0 Å². The average molecular weight is 171 g/mol. The molecule has 0 aromatic heterocycles. The fourth-order valence-corrected chi connectivity index (χ4v) is 2.82. The number of nitrogens with one attached hydrogen (secondary N) is 1. The van der Waals surface area contributed by atoms with E-state index >= 15 is 0 Å². The highest BCUT2D eigenvalue weighted by atomic mass is 19.1. The number of hydrogen-bond donors (Lipinski definition) is 1. The minimum absolute atomic E-state index is 0.170. The monoisotopic (exact) mass is 171 g/mol. The molecule has 1 atom stereocenters. The minimum atomic E-state index is -0.179. The first-order valence-corrected chi connectivity index (χ1v) is 5.14. The SMILES string of the molecule is FCC1CC2(CCCCC2)CN1. The predicted molar refractivity (Wildman–Crippen MR) is 47.9 cm³/mol. The Balaban J connectivity index is 1.94. The molecule has 2 aliphatic rings. The molecular weight excluding hydrogens is 153 g/mol. The molecule has 0 bridgehead atoms. The van der Waals surface area contributed by atoms with E-state index in [1.165, 1.54) is 32.1 Å². The first-order chi connectivity index (χ1) is 5.85. The molecule has 70 valence electrons. The normalized spacial score (nSPS) is 34.2. The Morgan fingerprint density at radius 2 is 2.00 bits per heavy atom. The molecule has 1 saturated heterocycles. The van der Waals surface area contributed by atoms with Gasteiger partial charge in [0.05, 0.1) is 0 Å². The van der Waals surface area contributed by atoms with Crippen molar-refractivity contribution in [3.8, 4) is 0 Å². The van der Waals surface area contributed by atoms with Gasteiger partial charge in [-0.15, -0.1) is 0 Å². The molecule has 2 heteroatoms. The molecular formula is C10H18FN. The number of rotatable bonds is 1. The Morgan fingerprint density at radius 1 is 1.25 bits per heavy atom. The lowest BCUT2D eigenvalue weighted by atomic mass is 9.73. The van der Waals surface area contributed by atoms with Gasteiger partial charge >= 0.3 is 0 Å². The minimum Gasteiger partial charge on any atom is -0.311 e. The highest BCUT2D eigenvalue weighted by Gasteiger charge is 2.39. The lowest BCUT2D eigenvalue weighted by Crippen LogP contribution is -2.26. The van der Waals surface area contributed by atoms with Crippen LogP contribution in [0, 0.1) is 5.41 Å². The summed E-state index contributed by atoms with van der Waals surface area (Å²) in [6.07, 6.45) is 7.86. The van der Waals surface area contributed by atoms with E-state index in [1.807, 2.05) is 0 Å².